The topological polar surface area (TPSA) is 0 Å². The van der Waals surface area contributed by atoms with E-state index in [9.17, 15) is 0 Å². The third kappa shape index (κ3) is 4.49. The largest absolute Gasteiger partial charge is 0.0840 e. The van der Waals surface area contributed by atoms with Crippen LogP contribution in [-0.4, -0.2) is 0 Å². The van der Waals surface area contributed by atoms with E-state index in [1.165, 1.54) is 17.5 Å². The Bertz CT molecular complexity index is 552. The lowest BCUT2D eigenvalue weighted by atomic mass is 9.96. The normalized spacial score (nSPS) is 12.4. The van der Waals surface area contributed by atoms with Crippen LogP contribution in [0.2, 0.25) is 10.0 Å². The first-order valence-electron chi connectivity index (χ1n) is 7.63. The molecule has 0 bridgehead atoms. The maximum absolute atomic E-state index is 6.20. The highest BCUT2D eigenvalue weighted by atomic mass is 35.5. The second-order valence-electron chi connectivity index (χ2n) is 5.60. The molecule has 1 atom stereocenters. The number of halogens is 2. The van der Waals surface area contributed by atoms with Gasteiger partial charge < -0.3 is 0 Å². The van der Waals surface area contributed by atoms with Gasteiger partial charge in [0.2, 0.25) is 0 Å². The Labute approximate surface area is 138 Å². The zero-order chi connectivity index (χ0) is 15.2. The van der Waals surface area contributed by atoms with Crippen molar-refractivity contribution in [3.05, 3.63) is 69.2 Å². The minimum absolute atomic E-state index is 0.640. The Kier molecular flexibility index (Phi) is 6.14. The van der Waals surface area contributed by atoms with E-state index in [2.05, 4.69) is 38.1 Å². The first kappa shape index (κ1) is 16.4. The molecule has 0 radical (unpaired) electrons. The molecule has 0 aromatic heterocycles. The van der Waals surface area contributed by atoms with Gasteiger partial charge >= 0.3 is 0 Å². The Morgan fingerprint density at radius 3 is 2.10 bits per heavy atom. The molecule has 1 unspecified atom stereocenters. The van der Waals surface area contributed by atoms with E-state index >= 15 is 0 Å². The fraction of sp³-hybridized carbons (Fsp3) is 0.368. The molecule has 112 valence electrons. The molecular weight excluding hydrogens is 299 g/mol. The smallest absolute Gasteiger partial charge is 0.0452 e. The summed E-state index contributed by atoms with van der Waals surface area (Å²) < 4.78 is 0. The maximum atomic E-state index is 6.20. The van der Waals surface area contributed by atoms with Crippen LogP contribution in [0.25, 0.3) is 0 Å². The molecule has 21 heavy (non-hydrogen) atoms. The van der Waals surface area contributed by atoms with E-state index < -0.39 is 0 Å². The van der Waals surface area contributed by atoms with E-state index in [0.29, 0.717) is 5.92 Å². The lowest BCUT2D eigenvalue weighted by Crippen LogP contribution is -1.94. The third-order valence-electron chi connectivity index (χ3n) is 4.12. The summed E-state index contributed by atoms with van der Waals surface area (Å²) in [5.41, 5.74) is 3.87. The van der Waals surface area contributed by atoms with Crippen molar-refractivity contribution in [2.75, 3.05) is 0 Å². The van der Waals surface area contributed by atoms with Gasteiger partial charge in [-0.05, 0) is 60.4 Å². The van der Waals surface area contributed by atoms with Crippen molar-refractivity contribution in [3.8, 4) is 0 Å². The van der Waals surface area contributed by atoms with Gasteiger partial charge in [-0.25, -0.2) is 0 Å². The molecular formula is C19H22Cl2. The van der Waals surface area contributed by atoms with E-state index in [1.807, 2.05) is 18.2 Å². The summed E-state index contributed by atoms with van der Waals surface area (Å²) in [7, 11) is 0. The van der Waals surface area contributed by atoms with Crippen LogP contribution in [0.4, 0.5) is 0 Å². The van der Waals surface area contributed by atoms with Crippen molar-refractivity contribution in [1.82, 2.24) is 0 Å². The van der Waals surface area contributed by atoms with E-state index in [0.717, 1.165) is 34.9 Å². The van der Waals surface area contributed by atoms with E-state index in [-0.39, 0.29) is 0 Å². The molecule has 0 saturated carbocycles. The van der Waals surface area contributed by atoms with E-state index in [4.69, 9.17) is 23.2 Å². The number of hydrogen-bond acceptors (Lipinski definition) is 0. The van der Waals surface area contributed by atoms with Gasteiger partial charge in [0, 0.05) is 10.0 Å². The van der Waals surface area contributed by atoms with Gasteiger partial charge in [0.15, 0.2) is 0 Å². The average Bonchev–Trinajstić information content (AvgIpc) is 2.50. The summed E-state index contributed by atoms with van der Waals surface area (Å²) in [6.45, 7) is 4.50. The quantitative estimate of drug-likeness (QED) is 0.556. The fourth-order valence-corrected chi connectivity index (χ4v) is 3.08. The van der Waals surface area contributed by atoms with Crippen LogP contribution in [0.5, 0.6) is 0 Å². The lowest BCUT2D eigenvalue weighted by molar-refractivity contribution is 0.732. The van der Waals surface area contributed by atoms with Crippen molar-refractivity contribution in [2.24, 2.45) is 0 Å². The molecule has 2 aromatic carbocycles. The molecule has 0 spiro atoms. The van der Waals surface area contributed by atoms with E-state index in [1.54, 1.807) is 0 Å². The standard InChI is InChI=1S/C19H22Cl2/c1-3-14(2)16-12-10-15(11-13-16)6-4-7-17-18(20)8-5-9-19(17)21/h5,8-14H,3-4,6-7H2,1-2H3. The summed E-state index contributed by atoms with van der Waals surface area (Å²) in [5.74, 6) is 0.640. The molecule has 0 nitrogen and oxygen atoms in total. The van der Waals surface area contributed by atoms with Crippen molar-refractivity contribution in [2.45, 2.75) is 45.4 Å². The summed E-state index contributed by atoms with van der Waals surface area (Å²) in [4.78, 5) is 0. The van der Waals surface area contributed by atoms with Crippen molar-refractivity contribution >= 4 is 23.2 Å². The fourth-order valence-electron chi connectivity index (χ4n) is 2.49. The first-order valence-corrected chi connectivity index (χ1v) is 8.39. The zero-order valence-electron chi connectivity index (χ0n) is 12.7. The molecule has 0 aliphatic heterocycles. The summed E-state index contributed by atoms with van der Waals surface area (Å²) in [6, 6.07) is 14.7. The van der Waals surface area contributed by atoms with Crippen molar-refractivity contribution in [3.63, 3.8) is 0 Å². The highest BCUT2D eigenvalue weighted by Gasteiger charge is 2.06. The van der Waals surface area contributed by atoms with Crippen LogP contribution in [0.15, 0.2) is 42.5 Å². The molecule has 0 heterocycles. The average molecular weight is 321 g/mol. The number of rotatable bonds is 6. The highest BCUT2D eigenvalue weighted by Crippen LogP contribution is 2.26. The van der Waals surface area contributed by atoms with Gasteiger partial charge in [0.05, 0.1) is 0 Å². The number of hydrogen-bond donors (Lipinski definition) is 0. The Hall–Kier alpha value is -0.980. The molecule has 2 heteroatoms. The summed E-state index contributed by atoms with van der Waals surface area (Å²) >= 11 is 12.4. The monoisotopic (exact) mass is 320 g/mol. The van der Waals surface area contributed by atoms with Crippen LogP contribution in [-0.2, 0) is 12.8 Å². The molecule has 0 N–H and O–H groups in total. The summed E-state index contributed by atoms with van der Waals surface area (Å²) in [5, 5.41) is 1.55. The molecule has 0 aliphatic rings. The number of benzene rings is 2. The highest BCUT2D eigenvalue weighted by molar-refractivity contribution is 6.35. The van der Waals surface area contributed by atoms with Crippen LogP contribution in [0.1, 0.15) is 49.3 Å². The summed E-state index contributed by atoms with van der Waals surface area (Å²) in [6.07, 6.45) is 4.23. The van der Waals surface area contributed by atoms with Gasteiger partial charge in [-0.1, -0.05) is 67.4 Å². The second-order valence-corrected chi connectivity index (χ2v) is 6.42. The molecule has 0 aliphatic carbocycles. The minimum atomic E-state index is 0.640. The third-order valence-corrected chi connectivity index (χ3v) is 4.82. The predicted octanol–water partition coefficient (Wildman–Crippen LogP) is 6.68. The Morgan fingerprint density at radius 2 is 1.52 bits per heavy atom. The Balaban J connectivity index is 1.92. The molecule has 2 rings (SSSR count). The van der Waals surface area contributed by atoms with Gasteiger partial charge in [0.25, 0.3) is 0 Å². The SMILES string of the molecule is CCC(C)c1ccc(CCCc2c(Cl)cccc2Cl)cc1. The predicted molar refractivity (Wildman–Crippen MR) is 93.6 cm³/mol. The van der Waals surface area contributed by atoms with Crippen LogP contribution in [0, 0.1) is 0 Å². The minimum Gasteiger partial charge on any atom is -0.0840 e. The van der Waals surface area contributed by atoms with Crippen LogP contribution in [0.3, 0.4) is 0 Å². The zero-order valence-corrected chi connectivity index (χ0v) is 14.2. The van der Waals surface area contributed by atoms with Gasteiger partial charge in [0.1, 0.15) is 0 Å². The van der Waals surface area contributed by atoms with Gasteiger partial charge in [-0.15, -0.1) is 0 Å². The lowest BCUT2D eigenvalue weighted by Gasteiger charge is -2.10. The molecule has 2 aromatic rings. The van der Waals surface area contributed by atoms with Crippen LogP contribution < -0.4 is 0 Å². The number of aryl methyl sites for hydroxylation is 1. The Morgan fingerprint density at radius 1 is 0.905 bits per heavy atom. The molecule has 0 fully saturated rings. The van der Waals surface area contributed by atoms with Crippen molar-refractivity contribution in [1.29, 1.82) is 0 Å². The van der Waals surface area contributed by atoms with Crippen LogP contribution >= 0.6 is 23.2 Å². The molecule has 0 saturated heterocycles. The molecule has 0 amide bonds. The maximum Gasteiger partial charge on any atom is 0.0452 e. The van der Waals surface area contributed by atoms with Gasteiger partial charge in [-0.2, -0.15) is 0 Å². The van der Waals surface area contributed by atoms with Crippen molar-refractivity contribution < 1.29 is 0 Å². The first-order chi connectivity index (χ1) is 10.1. The van der Waals surface area contributed by atoms with Gasteiger partial charge in [-0.3, -0.25) is 0 Å². The second kappa shape index (κ2) is 7.87.